The molecule has 0 aliphatic heterocycles. The fourth-order valence-electron chi connectivity index (χ4n) is 2.53. The Morgan fingerprint density at radius 1 is 1.50 bits per heavy atom. The second-order valence-electron chi connectivity index (χ2n) is 5.46. The number of carbonyl (C=O) groups excluding carboxylic acids is 1. The van der Waals surface area contributed by atoms with E-state index < -0.39 is 0 Å². The van der Waals surface area contributed by atoms with Gasteiger partial charge in [0.05, 0.1) is 5.69 Å². The number of anilines is 1. The maximum absolute atomic E-state index is 12.2. The van der Waals surface area contributed by atoms with E-state index in [1.54, 1.807) is 10.9 Å². The molecule has 0 atom stereocenters. The predicted octanol–water partition coefficient (Wildman–Crippen LogP) is 1.40. The van der Waals surface area contributed by atoms with Gasteiger partial charge in [-0.3, -0.25) is 9.48 Å². The third-order valence-corrected chi connectivity index (χ3v) is 3.89. The molecule has 3 rings (SSSR count). The highest BCUT2D eigenvalue weighted by Gasteiger charge is 2.42. The second-order valence-corrected chi connectivity index (χ2v) is 5.46. The highest BCUT2D eigenvalue weighted by molar-refractivity contribution is 5.97. The molecule has 2 fully saturated rings. The Morgan fingerprint density at radius 2 is 2.11 bits per heavy atom. The molecule has 0 bridgehead atoms. The van der Waals surface area contributed by atoms with Gasteiger partial charge in [0.25, 0.3) is 5.91 Å². The molecule has 18 heavy (non-hydrogen) atoms. The molecule has 98 valence electrons. The fourth-order valence-corrected chi connectivity index (χ4v) is 2.53. The Hall–Kier alpha value is -1.52. The van der Waals surface area contributed by atoms with E-state index in [9.17, 15) is 4.79 Å². The van der Waals surface area contributed by atoms with Crippen LogP contribution in [-0.2, 0) is 6.54 Å². The number of aryl methyl sites for hydroxylation is 1. The van der Waals surface area contributed by atoms with E-state index in [1.807, 2.05) is 6.92 Å². The molecule has 0 spiro atoms. The summed E-state index contributed by atoms with van der Waals surface area (Å²) in [5.74, 6) is 1.27. The highest BCUT2D eigenvalue weighted by atomic mass is 16.2. The number of nitrogen functional groups attached to an aromatic ring is 1. The van der Waals surface area contributed by atoms with Gasteiger partial charge in [-0.15, -0.1) is 0 Å². The summed E-state index contributed by atoms with van der Waals surface area (Å²) in [5.41, 5.74) is 6.68. The minimum Gasteiger partial charge on any atom is -0.396 e. The van der Waals surface area contributed by atoms with Crippen molar-refractivity contribution in [3.05, 3.63) is 11.9 Å². The first kappa shape index (κ1) is 11.6. The minimum atomic E-state index is -0.108. The van der Waals surface area contributed by atoms with Crippen LogP contribution in [0.1, 0.15) is 43.1 Å². The lowest BCUT2D eigenvalue weighted by molar-refractivity contribution is 0.0921. The average Bonchev–Trinajstić information content (AvgIpc) is 3.24. The van der Waals surface area contributed by atoms with Crippen LogP contribution >= 0.6 is 0 Å². The second kappa shape index (κ2) is 4.30. The average molecular weight is 248 g/mol. The van der Waals surface area contributed by atoms with Crippen molar-refractivity contribution in [2.24, 2.45) is 11.8 Å². The lowest BCUT2D eigenvalue weighted by Gasteiger charge is -2.16. The summed E-state index contributed by atoms with van der Waals surface area (Å²) in [4.78, 5) is 12.2. The number of nitrogens with one attached hydrogen (secondary N) is 1. The van der Waals surface area contributed by atoms with Gasteiger partial charge in [0.15, 0.2) is 5.69 Å². The number of nitrogens with zero attached hydrogens (tertiary/aromatic N) is 2. The predicted molar refractivity (Wildman–Crippen MR) is 69.0 cm³/mol. The fraction of sp³-hybridized carbons (Fsp3) is 0.692. The first-order valence-corrected chi connectivity index (χ1v) is 6.82. The summed E-state index contributed by atoms with van der Waals surface area (Å²) in [5, 5.41) is 7.36. The van der Waals surface area contributed by atoms with Crippen molar-refractivity contribution in [2.75, 3.05) is 5.73 Å². The van der Waals surface area contributed by atoms with Gasteiger partial charge in [-0.2, -0.15) is 5.10 Å². The van der Waals surface area contributed by atoms with Gasteiger partial charge in [0.1, 0.15) is 0 Å². The van der Waals surface area contributed by atoms with E-state index in [-0.39, 0.29) is 5.91 Å². The molecule has 1 aromatic heterocycles. The third-order valence-electron chi connectivity index (χ3n) is 3.89. The molecule has 1 amide bonds. The van der Waals surface area contributed by atoms with Crippen LogP contribution in [0.3, 0.4) is 0 Å². The van der Waals surface area contributed by atoms with Gasteiger partial charge in [-0.25, -0.2) is 0 Å². The lowest BCUT2D eigenvalue weighted by atomic mass is 10.1. The molecule has 5 heteroatoms. The van der Waals surface area contributed by atoms with Crippen molar-refractivity contribution in [3.63, 3.8) is 0 Å². The Labute approximate surface area is 107 Å². The van der Waals surface area contributed by atoms with Gasteiger partial charge >= 0.3 is 0 Å². The van der Waals surface area contributed by atoms with Crippen LogP contribution in [0, 0.1) is 11.8 Å². The monoisotopic (exact) mass is 248 g/mol. The molecular formula is C13H20N4O. The maximum atomic E-state index is 12.2. The standard InChI is InChI=1S/C13H20N4O/c1-2-17-7-10(14)12(16-17)13(18)15-11(8-3-4-8)9-5-6-9/h7-9,11H,2-6,14H2,1H3,(H,15,18). The molecular weight excluding hydrogens is 228 g/mol. The van der Waals surface area contributed by atoms with Crippen LogP contribution in [0.25, 0.3) is 0 Å². The molecule has 2 aliphatic carbocycles. The summed E-state index contributed by atoms with van der Waals surface area (Å²) in [6.45, 7) is 2.71. The number of aromatic nitrogens is 2. The molecule has 0 aromatic carbocycles. The molecule has 0 unspecified atom stereocenters. The third kappa shape index (κ3) is 2.21. The summed E-state index contributed by atoms with van der Waals surface area (Å²) < 4.78 is 1.70. The molecule has 0 radical (unpaired) electrons. The SMILES string of the molecule is CCn1cc(N)c(C(=O)NC(C2CC2)C2CC2)n1. The summed E-state index contributed by atoms with van der Waals surface area (Å²) in [6, 6.07) is 0.351. The Bertz CT molecular complexity index is 448. The molecule has 1 aromatic rings. The van der Waals surface area contributed by atoms with E-state index in [4.69, 9.17) is 5.73 Å². The number of nitrogens with two attached hydrogens (primary N) is 1. The summed E-state index contributed by atoms with van der Waals surface area (Å²) in [6.07, 6.45) is 6.72. The minimum absolute atomic E-state index is 0.108. The molecule has 3 N–H and O–H groups in total. The first-order chi connectivity index (χ1) is 8.69. The largest absolute Gasteiger partial charge is 0.396 e. The molecule has 2 aliphatic rings. The van der Waals surface area contributed by atoms with E-state index >= 15 is 0 Å². The van der Waals surface area contributed by atoms with Crippen molar-refractivity contribution >= 4 is 11.6 Å². The number of amides is 1. The highest BCUT2D eigenvalue weighted by Crippen LogP contribution is 2.44. The van der Waals surface area contributed by atoms with Crippen molar-refractivity contribution in [1.82, 2.24) is 15.1 Å². The van der Waals surface area contributed by atoms with Crippen LogP contribution in [0.5, 0.6) is 0 Å². The van der Waals surface area contributed by atoms with Crippen LogP contribution in [0.4, 0.5) is 5.69 Å². The molecule has 0 saturated heterocycles. The van der Waals surface area contributed by atoms with E-state index in [0.717, 1.165) is 6.54 Å². The number of hydrogen-bond donors (Lipinski definition) is 2. The zero-order valence-electron chi connectivity index (χ0n) is 10.7. The van der Waals surface area contributed by atoms with Crippen molar-refractivity contribution in [2.45, 2.75) is 45.2 Å². The number of carbonyl (C=O) groups is 1. The zero-order chi connectivity index (χ0) is 12.7. The normalized spacial score (nSPS) is 19.2. The number of hydrogen-bond acceptors (Lipinski definition) is 3. The van der Waals surface area contributed by atoms with Gasteiger partial charge in [-0.1, -0.05) is 0 Å². The van der Waals surface area contributed by atoms with Gasteiger partial charge in [0, 0.05) is 18.8 Å². The van der Waals surface area contributed by atoms with Crippen molar-refractivity contribution in [1.29, 1.82) is 0 Å². The molecule has 2 saturated carbocycles. The van der Waals surface area contributed by atoms with E-state index in [0.29, 0.717) is 29.3 Å². The molecule has 1 heterocycles. The lowest BCUT2D eigenvalue weighted by Crippen LogP contribution is -2.38. The summed E-state index contributed by atoms with van der Waals surface area (Å²) in [7, 11) is 0. The van der Waals surface area contributed by atoms with Gasteiger partial charge in [0.2, 0.25) is 0 Å². The molecule has 5 nitrogen and oxygen atoms in total. The zero-order valence-corrected chi connectivity index (χ0v) is 10.7. The first-order valence-electron chi connectivity index (χ1n) is 6.82. The summed E-state index contributed by atoms with van der Waals surface area (Å²) >= 11 is 0. The van der Waals surface area contributed by atoms with Crippen LogP contribution in [-0.4, -0.2) is 21.7 Å². The number of rotatable bonds is 5. The van der Waals surface area contributed by atoms with Gasteiger partial charge < -0.3 is 11.1 Å². The van der Waals surface area contributed by atoms with Crippen molar-refractivity contribution in [3.8, 4) is 0 Å². The van der Waals surface area contributed by atoms with Crippen molar-refractivity contribution < 1.29 is 4.79 Å². The van der Waals surface area contributed by atoms with E-state index in [1.165, 1.54) is 25.7 Å². The maximum Gasteiger partial charge on any atom is 0.274 e. The quantitative estimate of drug-likeness (QED) is 0.827. The van der Waals surface area contributed by atoms with Crippen LogP contribution in [0.2, 0.25) is 0 Å². The Morgan fingerprint density at radius 3 is 2.56 bits per heavy atom. The van der Waals surface area contributed by atoms with Crippen LogP contribution in [0.15, 0.2) is 6.20 Å². The van der Waals surface area contributed by atoms with Gasteiger partial charge in [-0.05, 0) is 44.4 Å². The smallest absolute Gasteiger partial charge is 0.274 e. The Balaban J connectivity index is 1.70. The Kier molecular flexibility index (Phi) is 2.76. The van der Waals surface area contributed by atoms with E-state index in [2.05, 4.69) is 10.4 Å². The van der Waals surface area contributed by atoms with Crippen LogP contribution < -0.4 is 11.1 Å². The topological polar surface area (TPSA) is 72.9 Å².